The van der Waals surface area contributed by atoms with E-state index in [2.05, 4.69) is 32.7 Å². The molecule has 0 radical (unpaired) electrons. The highest BCUT2D eigenvalue weighted by atomic mass is 16.6. The third kappa shape index (κ3) is 35.2. The van der Waals surface area contributed by atoms with Gasteiger partial charge in [-0.05, 0) is 37.8 Å². The van der Waals surface area contributed by atoms with Crippen LogP contribution < -0.4 is 4.90 Å². The summed E-state index contributed by atoms with van der Waals surface area (Å²) in [5.74, 6) is -4.16. The lowest BCUT2D eigenvalue weighted by atomic mass is 10.1. The summed E-state index contributed by atoms with van der Waals surface area (Å²) in [7, 11) is 1.86. The highest BCUT2D eigenvalue weighted by molar-refractivity contribution is 5.73. The maximum Gasteiger partial charge on any atom is 0.410 e. The topological polar surface area (TPSA) is 203 Å². The molecule has 0 unspecified atom stereocenters. The zero-order chi connectivity index (χ0) is 56.1. The van der Waals surface area contributed by atoms with Gasteiger partial charge in [-0.15, -0.1) is 0 Å². The predicted molar refractivity (Wildman–Crippen MR) is 297 cm³/mol. The lowest BCUT2D eigenvalue weighted by molar-refractivity contribution is -0.157. The molecular weight excluding hydrogens is 987 g/mol. The Morgan fingerprint density at radius 1 is 0.506 bits per heavy atom. The van der Waals surface area contributed by atoms with Crippen LogP contribution in [-0.2, 0) is 61.9 Å². The maximum atomic E-state index is 13.8. The number of esters is 6. The van der Waals surface area contributed by atoms with E-state index in [9.17, 15) is 33.6 Å². The standard InChI is InChI=1S/C60H101N3O14/c1-6-10-14-18-22-26-30-54(64)72-44-49(45-73-55(65)31-27-23-19-15-11-7-2)40-58(68)76-48-52-42-53(43-63(52)60(70)71-39-38-62(5)51-34-36-61-37-35-51)77-59(69)41-50(46-74-56(66)32-28-24-20-16-12-8-3)47-75-57(67)33-29-25-21-17-13-9-4/h34-37,49-50,52-53H,6-33,38-48H2,1-5H3/t52-,53+/m0/s1. The molecule has 0 aliphatic carbocycles. The Labute approximate surface area is 462 Å². The highest BCUT2D eigenvalue weighted by Crippen LogP contribution is 2.25. The van der Waals surface area contributed by atoms with E-state index in [0.717, 1.165) is 134 Å². The number of rotatable bonds is 47. The molecule has 1 amide bonds. The Balaban J connectivity index is 2.15. The minimum Gasteiger partial charge on any atom is -0.465 e. The number of carbonyl (C=O) groups excluding carboxylic acids is 7. The van der Waals surface area contributed by atoms with E-state index < -0.39 is 42.0 Å². The van der Waals surface area contributed by atoms with Crippen LogP contribution in [0.15, 0.2) is 24.5 Å². The van der Waals surface area contributed by atoms with Gasteiger partial charge in [-0.3, -0.25) is 38.7 Å². The summed E-state index contributed by atoms with van der Waals surface area (Å²) in [5.41, 5.74) is 0.880. The Bertz CT molecular complexity index is 1690. The SMILES string of the molecule is CCCCCCCCC(=O)OCC(COC(=O)CCCCCCCC)CC(=O)OC[C@@H]1C[C@@H](OC(=O)CC(COC(=O)CCCCCCCC)COC(=O)CCCCCCCC)CN1C(=O)OCCN(C)c1ccncc1. The number of amides is 1. The largest absolute Gasteiger partial charge is 0.465 e. The number of nitrogens with zero attached hydrogens (tertiary/aromatic N) is 3. The number of likely N-dealkylation sites (N-methyl/N-ethyl adjacent to an activating group) is 1. The molecule has 2 heterocycles. The second kappa shape index (κ2) is 45.0. The number of pyridine rings is 1. The lowest BCUT2D eigenvalue weighted by Crippen LogP contribution is -2.40. The van der Waals surface area contributed by atoms with Crippen molar-refractivity contribution in [3.63, 3.8) is 0 Å². The lowest BCUT2D eigenvalue weighted by Gasteiger charge is -2.25. The van der Waals surface area contributed by atoms with Gasteiger partial charge in [0.15, 0.2) is 0 Å². The van der Waals surface area contributed by atoms with E-state index in [1.54, 1.807) is 12.4 Å². The van der Waals surface area contributed by atoms with Gasteiger partial charge in [0.2, 0.25) is 0 Å². The van der Waals surface area contributed by atoms with Crippen molar-refractivity contribution in [2.24, 2.45) is 11.8 Å². The quantitative estimate of drug-likeness (QED) is 0.0338. The van der Waals surface area contributed by atoms with Gasteiger partial charge >= 0.3 is 41.9 Å². The molecule has 0 spiro atoms. The van der Waals surface area contributed by atoms with Crippen LogP contribution >= 0.6 is 0 Å². The molecule has 17 heteroatoms. The fraction of sp³-hybridized carbons (Fsp3) is 0.800. The van der Waals surface area contributed by atoms with Crippen molar-refractivity contribution in [1.29, 1.82) is 0 Å². The molecule has 0 aromatic carbocycles. The van der Waals surface area contributed by atoms with Gasteiger partial charge in [0.25, 0.3) is 0 Å². The van der Waals surface area contributed by atoms with Crippen molar-refractivity contribution < 1.29 is 66.7 Å². The first-order chi connectivity index (χ1) is 37.4. The van der Waals surface area contributed by atoms with Crippen molar-refractivity contribution in [2.75, 3.05) is 64.7 Å². The third-order valence-corrected chi connectivity index (χ3v) is 13.9. The van der Waals surface area contributed by atoms with Crippen LogP contribution in [-0.4, -0.2) is 124 Å². The summed E-state index contributed by atoms with van der Waals surface area (Å²) in [6.07, 6.45) is 26.8. The first kappa shape index (κ1) is 68.1. The van der Waals surface area contributed by atoms with Crippen LogP contribution in [0.1, 0.15) is 227 Å². The van der Waals surface area contributed by atoms with E-state index in [1.165, 1.54) is 4.90 Å². The van der Waals surface area contributed by atoms with Crippen molar-refractivity contribution in [2.45, 2.75) is 239 Å². The molecule has 440 valence electrons. The molecule has 17 nitrogen and oxygen atoms in total. The van der Waals surface area contributed by atoms with Gasteiger partial charge in [-0.25, -0.2) is 4.79 Å². The number of hydrogen-bond acceptors (Lipinski definition) is 16. The van der Waals surface area contributed by atoms with Gasteiger partial charge in [0.05, 0.1) is 58.4 Å². The molecule has 0 N–H and O–H groups in total. The van der Waals surface area contributed by atoms with E-state index in [-0.39, 0.29) is 115 Å². The second-order valence-electron chi connectivity index (χ2n) is 21.0. The molecule has 2 atom stereocenters. The van der Waals surface area contributed by atoms with Crippen LogP contribution in [0.25, 0.3) is 0 Å². The first-order valence-electron chi connectivity index (χ1n) is 29.9. The Kier molecular flexibility index (Phi) is 39.8. The summed E-state index contributed by atoms with van der Waals surface area (Å²) in [5, 5.41) is 0. The maximum absolute atomic E-state index is 13.8. The molecule has 1 aromatic rings. The minimum atomic E-state index is -0.811. The van der Waals surface area contributed by atoms with Crippen LogP contribution in [0, 0.1) is 11.8 Å². The minimum absolute atomic E-state index is 0.0266. The fourth-order valence-electron chi connectivity index (χ4n) is 9.04. The van der Waals surface area contributed by atoms with Gasteiger partial charge in [0, 0.05) is 69.1 Å². The summed E-state index contributed by atoms with van der Waals surface area (Å²) in [6, 6.07) is 2.93. The Morgan fingerprint density at radius 3 is 1.29 bits per heavy atom. The average Bonchev–Trinajstić information content (AvgIpc) is 3.83. The number of aromatic nitrogens is 1. The van der Waals surface area contributed by atoms with E-state index in [1.807, 2.05) is 24.1 Å². The molecule has 1 aliphatic heterocycles. The van der Waals surface area contributed by atoms with Gasteiger partial charge in [0.1, 0.15) is 19.3 Å². The normalized spacial score (nSPS) is 14.1. The zero-order valence-electron chi connectivity index (χ0n) is 48.3. The van der Waals surface area contributed by atoms with Crippen LogP contribution in [0.5, 0.6) is 0 Å². The number of unbranched alkanes of at least 4 members (excludes halogenated alkanes) is 20. The number of ether oxygens (including phenoxy) is 7. The summed E-state index contributed by atoms with van der Waals surface area (Å²) in [4.78, 5) is 99.4. The van der Waals surface area contributed by atoms with Crippen molar-refractivity contribution >= 4 is 47.6 Å². The van der Waals surface area contributed by atoms with Crippen molar-refractivity contribution in [1.82, 2.24) is 9.88 Å². The molecule has 2 rings (SSSR count). The molecule has 1 fully saturated rings. The third-order valence-electron chi connectivity index (χ3n) is 13.9. The summed E-state index contributed by atoms with van der Waals surface area (Å²) >= 11 is 0. The molecule has 1 saturated heterocycles. The van der Waals surface area contributed by atoms with Gasteiger partial charge < -0.3 is 38.1 Å². The van der Waals surface area contributed by atoms with E-state index in [0.29, 0.717) is 32.2 Å². The number of hydrogen-bond donors (Lipinski definition) is 0. The summed E-state index contributed by atoms with van der Waals surface area (Å²) in [6.45, 7) is 8.13. The number of carbonyl (C=O) groups is 7. The average molecular weight is 1090 g/mol. The van der Waals surface area contributed by atoms with Crippen LogP contribution in [0.4, 0.5) is 10.5 Å². The number of anilines is 1. The van der Waals surface area contributed by atoms with Gasteiger partial charge in [-0.2, -0.15) is 0 Å². The van der Waals surface area contributed by atoms with Crippen LogP contribution in [0.3, 0.4) is 0 Å². The monoisotopic (exact) mass is 1090 g/mol. The van der Waals surface area contributed by atoms with Crippen molar-refractivity contribution in [3.8, 4) is 0 Å². The van der Waals surface area contributed by atoms with Gasteiger partial charge in [-0.1, -0.05) is 156 Å². The Hall–Kier alpha value is -4.96. The highest BCUT2D eigenvalue weighted by Gasteiger charge is 2.39. The smallest absolute Gasteiger partial charge is 0.410 e. The summed E-state index contributed by atoms with van der Waals surface area (Å²) < 4.78 is 39.8. The fourth-order valence-corrected chi connectivity index (χ4v) is 9.04. The van der Waals surface area contributed by atoms with E-state index in [4.69, 9.17) is 33.2 Å². The van der Waals surface area contributed by atoms with E-state index >= 15 is 0 Å². The second-order valence-corrected chi connectivity index (χ2v) is 21.0. The number of likely N-dealkylation sites (tertiary alicyclic amines) is 1. The molecule has 0 saturated carbocycles. The molecular formula is C60H101N3O14. The molecule has 0 bridgehead atoms. The van der Waals surface area contributed by atoms with Crippen LogP contribution in [0.2, 0.25) is 0 Å². The first-order valence-corrected chi connectivity index (χ1v) is 29.9. The molecule has 1 aliphatic rings. The predicted octanol–water partition coefficient (Wildman–Crippen LogP) is 12.4. The molecule has 77 heavy (non-hydrogen) atoms. The zero-order valence-corrected chi connectivity index (χ0v) is 48.3. The Morgan fingerprint density at radius 2 is 0.883 bits per heavy atom. The van der Waals surface area contributed by atoms with Crippen molar-refractivity contribution in [3.05, 3.63) is 24.5 Å². The molecule has 1 aromatic heterocycles.